The predicted octanol–water partition coefficient (Wildman–Crippen LogP) is 2.81. The van der Waals surface area contributed by atoms with E-state index in [1.807, 2.05) is 18.2 Å². The van der Waals surface area contributed by atoms with Gasteiger partial charge >= 0.3 is 0 Å². The summed E-state index contributed by atoms with van der Waals surface area (Å²) in [7, 11) is 0. The molecule has 1 aromatic carbocycles. The monoisotopic (exact) mass is 351 g/mol. The molecule has 2 aromatic rings. The molecule has 0 aliphatic carbocycles. The first-order chi connectivity index (χ1) is 11.3. The Labute approximate surface area is 148 Å². The van der Waals surface area contributed by atoms with Gasteiger partial charge in [-0.2, -0.15) is 0 Å². The molecular weight excluding hydrogens is 329 g/mol. The normalized spacial score (nSPS) is 16.4. The lowest BCUT2D eigenvalue weighted by Gasteiger charge is -2.35. The molecule has 130 valence electrons. The Morgan fingerprint density at radius 2 is 1.92 bits per heavy atom. The highest BCUT2D eigenvalue weighted by atomic mass is 35.5. The Bertz CT molecular complexity index is 608. The van der Waals surface area contributed by atoms with Gasteiger partial charge in [0.2, 0.25) is 0 Å². The molecule has 4 nitrogen and oxygen atoms in total. The third-order valence-corrected chi connectivity index (χ3v) is 4.14. The number of nitrogens with zero attached hydrogens (tertiary/aromatic N) is 2. The molecule has 1 aromatic heterocycles. The third kappa shape index (κ3) is 5.24. The number of aromatic nitrogens is 1. The minimum absolute atomic E-state index is 0. The molecule has 0 radical (unpaired) electrons. The first kappa shape index (κ1) is 18.8. The van der Waals surface area contributed by atoms with Crippen LogP contribution in [0.4, 0.5) is 4.39 Å². The van der Waals surface area contributed by atoms with Gasteiger partial charge in [-0.25, -0.2) is 4.39 Å². The number of pyridine rings is 1. The summed E-state index contributed by atoms with van der Waals surface area (Å²) in [6.45, 7) is 4.76. The zero-order chi connectivity index (χ0) is 15.9. The Kier molecular flexibility index (Phi) is 7.59. The first-order valence-corrected chi connectivity index (χ1v) is 8.00. The average Bonchev–Trinajstić information content (AvgIpc) is 2.60. The largest absolute Gasteiger partial charge is 0.379 e. The minimum atomic E-state index is -0.185. The van der Waals surface area contributed by atoms with Crippen LogP contribution < -0.4 is 5.32 Å². The van der Waals surface area contributed by atoms with E-state index in [-0.39, 0.29) is 24.3 Å². The number of morpholine rings is 1. The van der Waals surface area contributed by atoms with Crippen LogP contribution in [0, 0.1) is 5.82 Å². The van der Waals surface area contributed by atoms with Crippen molar-refractivity contribution < 1.29 is 9.13 Å². The standard InChI is InChI=1S/C18H22FN3O.ClH/c19-17-3-1-2-16(12-17)18(22-8-10-23-11-9-22)14-21-13-15-4-6-20-7-5-15;/h1-7,12,18,21H,8-11,13-14H2;1H. The summed E-state index contributed by atoms with van der Waals surface area (Å²) in [4.78, 5) is 6.39. The quantitative estimate of drug-likeness (QED) is 0.868. The molecule has 0 saturated carbocycles. The number of hydrogen-bond donors (Lipinski definition) is 1. The van der Waals surface area contributed by atoms with E-state index in [1.54, 1.807) is 24.5 Å². The lowest BCUT2D eigenvalue weighted by molar-refractivity contribution is 0.0160. The summed E-state index contributed by atoms with van der Waals surface area (Å²) in [5.41, 5.74) is 2.20. The second kappa shape index (κ2) is 9.69. The van der Waals surface area contributed by atoms with Gasteiger partial charge < -0.3 is 10.1 Å². The van der Waals surface area contributed by atoms with Crippen LogP contribution in [0.25, 0.3) is 0 Å². The molecule has 24 heavy (non-hydrogen) atoms. The predicted molar refractivity (Wildman–Crippen MR) is 94.7 cm³/mol. The van der Waals surface area contributed by atoms with Gasteiger partial charge in [0.1, 0.15) is 5.82 Å². The maximum Gasteiger partial charge on any atom is 0.123 e. The molecule has 1 N–H and O–H groups in total. The average molecular weight is 352 g/mol. The van der Waals surface area contributed by atoms with Crippen LogP contribution in [0.3, 0.4) is 0 Å². The van der Waals surface area contributed by atoms with Gasteiger partial charge in [0.05, 0.1) is 13.2 Å². The molecule has 3 rings (SSSR count). The van der Waals surface area contributed by atoms with Gasteiger partial charge in [0, 0.05) is 44.6 Å². The summed E-state index contributed by atoms with van der Waals surface area (Å²) >= 11 is 0. The molecule has 2 heterocycles. The van der Waals surface area contributed by atoms with E-state index in [2.05, 4.69) is 15.2 Å². The van der Waals surface area contributed by atoms with Gasteiger partial charge in [-0.05, 0) is 35.4 Å². The van der Waals surface area contributed by atoms with Crippen LogP contribution in [0.15, 0.2) is 48.8 Å². The Morgan fingerprint density at radius 1 is 1.17 bits per heavy atom. The van der Waals surface area contributed by atoms with Gasteiger partial charge in [-0.1, -0.05) is 12.1 Å². The molecule has 0 spiro atoms. The summed E-state index contributed by atoms with van der Waals surface area (Å²) in [6, 6.07) is 11.0. The van der Waals surface area contributed by atoms with Crippen molar-refractivity contribution in [3.8, 4) is 0 Å². The second-order valence-electron chi connectivity index (χ2n) is 5.71. The molecule has 6 heteroatoms. The van der Waals surface area contributed by atoms with Crippen LogP contribution in [-0.4, -0.2) is 42.7 Å². The maximum absolute atomic E-state index is 13.6. The van der Waals surface area contributed by atoms with Crippen molar-refractivity contribution in [3.05, 3.63) is 65.7 Å². The maximum atomic E-state index is 13.6. The number of halogens is 2. The highest BCUT2D eigenvalue weighted by Gasteiger charge is 2.22. The summed E-state index contributed by atoms with van der Waals surface area (Å²) in [5, 5.41) is 3.48. The van der Waals surface area contributed by atoms with Crippen molar-refractivity contribution in [2.24, 2.45) is 0 Å². The van der Waals surface area contributed by atoms with E-state index in [0.717, 1.165) is 45.0 Å². The number of hydrogen-bond acceptors (Lipinski definition) is 4. The Hall–Kier alpha value is -1.53. The molecule has 1 saturated heterocycles. The highest BCUT2D eigenvalue weighted by Crippen LogP contribution is 2.22. The molecule has 1 atom stereocenters. The fraction of sp³-hybridized carbons (Fsp3) is 0.389. The van der Waals surface area contributed by atoms with Gasteiger partial charge in [-0.15, -0.1) is 12.4 Å². The van der Waals surface area contributed by atoms with E-state index < -0.39 is 0 Å². The van der Waals surface area contributed by atoms with E-state index in [1.165, 1.54) is 11.6 Å². The van der Waals surface area contributed by atoms with Crippen molar-refractivity contribution >= 4 is 12.4 Å². The van der Waals surface area contributed by atoms with Gasteiger partial charge in [0.25, 0.3) is 0 Å². The van der Waals surface area contributed by atoms with Crippen LogP contribution >= 0.6 is 12.4 Å². The van der Waals surface area contributed by atoms with E-state index in [4.69, 9.17) is 4.74 Å². The zero-order valence-electron chi connectivity index (χ0n) is 13.5. The minimum Gasteiger partial charge on any atom is -0.379 e. The van der Waals surface area contributed by atoms with Crippen LogP contribution in [0.5, 0.6) is 0 Å². The number of ether oxygens (including phenoxy) is 1. The molecule has 1 unspecified atom stereocenters. The lowest BCUT2D eigenvalue weighted by atomic mass is 10.0. The van der Waals surface area contributed by atoms with E-state index in [9.17, 15) is 4.39 Å². The van der Waals surface area contributed by atoms with Crippen molar-refractivity contribution in [1.82, 2.24) is 15.2 Å². The number of nitrogens with one attached hydrogen (secondary N) is 1. The lowest BCUT2D eigenvalue weighted by Crippen LogP contribution is -2.42. The molecule has 1 aliphatic rings. The zero-order valence-corrected chi connectivity index (χ0v) is 14.3. The van der Waals surface area contributed by atoms with Crippen molar-refractivity contribution in [3.63, 3.8) is 0 Å². The fourth-order valence-electron chi connectivity index (χ4n) is 2.91. The summed E-state index contributed by atoms with van der Waals surface area (Å²) < 4.78 is 19.1. The summed E-state index contributed by atoms with van der Waals surface area (Å²) in [5.74, 6) is -0.185. The highest BCUT2D eigenvalue weighted by molar-refractivity contribution is 5.85. The van der Waals surface area contributed by atoms with Gasteiger partial charge in [0.15, 0.2) is 0 Å². The Balaban J connectivity index is 0.00000208. The topological polar surface area (TPSA) is 37.4 Å². The first-order valence-electron chi connectivity index (χ1n) is 8.00. The van der Waals surface area contributed by atoms with Gasteiger partial charge in [-0.3, -0.25) is 9.88 Å². The molecular formula is C18H23ClFN3O. The number of rotatable bonds is 6. The smallest absolute Gasteiger partial charge is 0.123 e. The van der Waals surface area contributed by atoms with Crippen LogP contribution in [0.1, 0.15) is 17.2 Å². The SMILES string of the molecule is Cl.Fc1cccc(C(CNCc2ccncc2)N2CCOCC2)c1. The fourth-order valence-corrected chi connectivity index (χ4v) is 2.91. The summed E-state index contributed by atoms with van der Waals surface area (Å²) in [6.07, 6.45) is 3.59. The molecule has 0 amide bonds. The van der Waals surface area contributed by atoms with Crippen molar-refractivity contribution in [1.29, 1.82) is 0 Å². The molecule has 1 aliphatic heterocycles. The van der Waals surface area contributed by atoms with Crippen LogP contribution in [0.2, 0.25) is 0 Å². The number of benzene rings is 1. The Morgan fingerprint density at radius 3 is 2.62 bits per heavy atom. The van der Waals surface area contributed by atoms with Crippen LogP contribution in [-0.2, 0) is 11.3 Å². The van der Waals surface area contributed by atoms with E-state index >= 15 is 0 Å². The third-order valence-electron chi connectivity index (χ3n) is 4.14. The molecule has 1 fully saturated rings. The van der Waals surface area contributed by atoms with E-state index in [0.29, 0.717) is 0 Å². The van der Waals surface area contributed by atoms with Crippen molar-refractivity contribution in [2.45, 2.75) is 12.6 Å². The molecule has 0 bridgehead atoms. The van der Waals surface area contributed by atoms with Crippen molar-refractivity contribution in [2.75, 3.05) is 32.8 Å². The second-order valence-corrected chi connectivity index (χ2v) is 5.71.